The number of para-hydroxylation sites is 1. The molecule has 2 aromatic rings. The first-order valence-corrected chi connectivity index (χ1v) is 10.2. The standard InChI is InChI=1S/C19H19NO6S/c1-2-24-19(21)13-5-3-4-6-15(13)20-27(22,23)18-14-8-10-25-16(14)11-12-7-9-26-17(12)18/h3-6,11,20H,2,7-10H2,1H3. The van der Waals surface area contributed by atoms with Crippen LogP contribution >= 0.6 is 0 Å². The highest BCUT2D eigenvalue weighted by Gasteiger charge is 2.34. The molecule has 7 nitrogen and oxygen atoms in total. The molecule has 4 rings (SSSR count). The molecule has 0 saturated heterocycles. The van der Waals surface area contributed by atoms with Crippen LogP contribution in [0.2, 0.25) is 0 Å². The molecule has 2 aromatic carbocycles. The fraction of sp³-hybridized carbons (Fsp3) is 0.316. The van der Waals surface area contributed by atoms with E-state index in [0.29, 0.717) is 43.1 Å². The fourth-order valence-corrected chi connectivity index (χ4v) is 4.91. The van der Waals surface area contributed by atoms with Gasteiger partial charge in [0, 0.05) is 24.0 Å². The number of nitrogens with one attached hydrogen (secondary N) is 1. The van der Waals surface area contributed by atoms with E-state index in [0.717, 1.165) is 5.56 Å². The summed E-state index contributed by atoms with van der Waals surface area (Å²) < 4.78 is 45.3. The maximum Gasteiger partial charge on any atom is 0.340 e. The van der Waals surface area contributed by atoms with Gasteiger partial charge in [0.1, 0.15) is 16.4 Å². The lowest BCUT2D eigenvalue weighted by atomic mass is 10.1. The van der Waals surface area contributed by atoms with Crippen LogP contribution in [0, 0.1) is 0 Å². The van der Waals surface area contributed by atoms with Crippen LogP contribution < -0.4 is 14.2 Å². The number of fused-ring (bicyclic) bond motifs is 2. The zero-order chi connectivity index (χ0) is 19.0. The summed E-state index contributed by atoms with van der Waals surface area (Å²) >= 11 is 0. The molecule has 0 amide bonds. The number of carbonyl (C=O) groups excluding carboxylic acids is 1. The summed E-state index contributed by atoms with van der Waals surface area (Å²) in [7, 11) is -4.00. The zero-order valence-electron chi connectivity index (χ0n) is 14.8. The van der Waals surface area contributed by atoms with Crippen LogP contribution in [0.5, 0.6) is 11.5 Å². The Bertz CT molecular complexity index is 983. The van der Waals surface area contributed by atoms with Crippen LogP contribution in [-0.4, -0.2) is 34.2 Å². The van der Waals surface area contributed by atoms with Crippen molar-refractivity contribution in [1.82, 2.24) is 0 Å². The minimum Gasteiger partial charge on any atom is -0.493 e. The molecule has 0 aliphatic carbocycles. The molecular formula is C19H19NO6S. The number of sulfonamides is 1. The Kier molecular flexibility index (Phi) is 4.43. The zero-order valence-corrected chi connectivity index (χ0v) is 15.6. The maximum absolute atomic E-state index is 13.3. The number of carbonyl (C=O) groups is 1. The predicted octanol–water partition coefficient (Wildman–Crippen LogP) is 2.53. The van der Waals surface area contributed by atoms with Gasteiger partial charge < -0.3 is 14.2 Å². The van der Waals surface area contributed by atoms with Gasteiger partial charge >= 0.3 is 5.97 Å². The van der Waals surface area contributed by atoms with Crippen LogP contribution in [0.15, 0.2) is 35.2 Å². The average Bonchev–Trinajstić information content (AvgIpc) is 3.28. The van der Waals surface area contributed by atoms with Gasteiger partial charge in [-0.1, -0.05) is 12.1 Å². The molecule has 0 bridgehead atoms. The number of hydrogen-bond acceptors (Lipinski definition) is 6. The van der Waals surface area contributed by atoms with Gasteiger partial charge in [-0.3, -0.25) is 4.72 Å². The molecule has 1 N–H and O–H groups in total. The van der Waals surface area contributed by atoms with Crippen LogP contribution in [0.1, 0.15) is 28.4 Å². The first kappa shape index (κ1) is 17.7. The van der Waals surface area contributed by atoms with Gasteiger partial charge in [-0.05, 0) is 25.1 Å². The van der Waals surface area contributed by atoms with E-state index in [4.69, 9.17) is 14.2 Å². The molecule has 0 fully saturated rings. The van der Waals surface area contributed by atoms with E-state index in [2.05, 4.69) is 4.72 Å². The van der Waals surface area contributed by atoms with Crippen molar-refractivity contribution < 1.29 is 27.4 Å². The van der Waals surface area contributed by atoms with E-state index in [1.807, 2.05) is 6.07 Å². The van der Waals surface area contributed by atoms with Gasteiger partial charge in [-0.15, -0.1) is 0 Å². The molecule has 0 atom stereocenters. The molecule has 2 heterocycles. The van der Waals surface area contributed by atoms with Crippen molar-refractivity contribution in [3.05, 3.63) is 47.0 Å². The highest BCUT2D eigenvalue weighted by atomic mass is 32.2. The second-order valence-electron chi connectivity index (χ2n) is 6.24. The van der Waals surface area contributed by atoms with Crippen LogP contribution in [0.3, 0.4) is 0 Å². The Morgan fingerprint density at radius 1 is 1.19 bits per heavy atom. The third-order valence-electron chi connectivity index (χ3n) is 4.54. The van der Waals surface area contributed by atoms with Crippen molar-refractivity contribution in [3.8, 4) is 11.5 Å². The summed E-state index contributed by atoms with van der Waals surface area (Å²) in [5, 5.41) is 0. The number of ether oxygens (including phenoxy) is 3. The van der Waals surface area contributed by atoms with Crippen LogP contribution in [0.25, 0.3) is 0 Å². The van der Waals surface area contributed by atoms with E-state index < -0.39 is 16.0 Å². The molecular weight excluding hydrogens is 370 g/mol. The lowest BCUT2D eigenvalue weighted by molar-refractivity contribution is 0.0527. The first-order valence-electron chi connectivity index (χ1n) is 8.74. The summed E-state index contributed by atoms with van der Waals surface area (Å²) in [6, 6.07) is 8.22. The maximum atomic E-state index is 13.3. The molecule has 0 spiro atoms. The Hall–Kier alpha value is -2.74. The summed E-state index contributed by atoms with van der Waals surface area (Å²) in [4.78, 5) is 12.3. The lowest BCUT2D eigenvalue weighted by Gasteiger charge is -2.16. The highest BCUT2D eigenvalue weighted by Crippen LogP contribution is 2.43. The highest BCUT2D eigenvalue weighted by molar-refractivity contribution is 7.93. The van der Waals surface area contributed by atoms with Gasteiger partial charge in [0.05, 0.1) is 31.1 Å². The second kappa shape index (κ2) is 6.77. The molecule has 0 aromatic heterocycles. The fourth-order valence-electron chi connectivity index (χ4n) is 3.38. The first-order chi connectivity index (χ1) is 13.0. The van der Waals surface area contributed by atoms with Gasteiger partial charge in [0.2, 0.25) is 0 Å². The Morgan fingerprint density at radius 2 is 1.96 bits per heavy atom. The number of rotatable bonds is 5. The minimum absolute atomic E-state index is 0.101. The third kappa shape index (κ3) is 3.10. The number of esters is 1. The van der Waals surface area contributed by atoms with Gasteiger partial charge in [0.25, 0.3) is 10.0 Å². The molecule has 0 radical (unpaired) electrons. The van der Waals surface area contributed by atoms with Crippen molar-refractivity contribution in [2.75, 3.05) is 24.5 Å². The predicted molar refractivity (Wildman–Crippen MR) is 98.0 cm³/mol. The SMILES string of the molecule is CCOC(=O)c1ccccc1NS(=O)(=O)c1c2c(cc3c1OCC3)OCC2. The van der Waals surface area contributed by atoms with Crippen LogP contribution in [-0.2, 0) is 27.6 Å². The Morgan fingerprint density at radius 3 is 2.78 bits per heavy atom. The van der Waals surface area contributed by atoms with Gasteiger partial charge in [-0.2, -0.15) is 0 Å². The molecule has 2 aliphatic heterocycles. The lowest BCUT2D eigenvalue weighted by Crippen LogP contribution is -2.18. The molecule has 0 unspecified atom stereocenters. The number of hydrogen-bond donors (Lipinski definition) is 1. The van der Waals surface area contributed by atoms with E-state index in [-0.39, 0.29) is 22.8 Å². The topological polar surface area (TPSA) is 90.9 Å². The average molecular weight is 389 g/mol. The van der Waals surface area contributed by atoms with E-state index in [1.165, 1.54) is 12.1 Å². The van der Waals surface area contributed by atoms with Crippen molar-refractivity contribution in [2.45, 2.75) is 24.7 Å². The van der Waals surface area contributed by atoms with E-state index in [9.17, 15) is 13.2 Å². The van der Waals surface area contributed by atoms with Crippen molar-refractivity contribution in [3.63, 3.8) is 0 Å². The molecule has 142 valence electrons. The summed E-state index contributed by atoms with van der Waals surface area (Å²) in [6.07, 6.45) is 1.12. The van der Waals surface area contributed by atoms with Crippen molar-refractivity contribution >= 4 is 21.7 Å². The van der Waals surface area contributed by atoms with E-state index in [1.54, 1.807) is 19.1 Å². The van der Waals surface area contributed by atoms with Crippen LogP contribution in [0.4, 0.5) is 5.69 Å². The van der Waals surface area contributed by atoms with Gasteiger partial charge in [0.15, 0.2) is 0 Å². The number of anilines is 1. The van der Waals surface area contributed by atoms with Crippen molar-refractivity contribution in [2.24, 2.45) is 0 Å². The van der Waals surface area contributed by atoms with E-state index >= 15 is 0 Å². The summed E-state index contributed by atoms with van der Waals surface area (Å²) in [6.45, 7) is 2.75. The Balaban J connectivity index is 1.78. The smallest absolute Gasteiger partial charge is 0.340 e. The third-order valence-corrected chi connectivity index (χ3v) is 6.00. The Labute approximate surface area is 157 Å². The van der Waals surface area contributed by atoms with Gasteiger partial charge in [-0.25, -0.2) is 13.2 Å². The monoisotopic (exact) mass is 389 g/mol. The van der Waals surface area contributed by atoms with Crippen molar-refractivity contribution in [1.29, 1.82) is 0 Å². The molecule has 0 saturated carbocycles. The number of benzene rings is 2. The summed E-state index contributed by atoms with van der Waals surface area (Å²) in [5.74, 6) is 0.373. The largest absolute Gasteiger partial charge is 0.493 e. The molecule has 27 heavy (non-hydrogen) atoms. The normalized spacial score (nSPS) is 14.7. The molecule has 8 heteroatoms. The quantitative estimate of drug-likeness (QED) is 0.791. The minimum atomic E-state index is -4.00. The second-order valence-corrected chi connectivity index (χ2v) is 7.86. The molecule has 2 aliphatic rings. The summed E-state index contributed by atoms with van der Waals surface area (Å²) in [5.41, 5.74) is 1.75.